The molecule has 0 atom stereocenters. The minimum atomic E-state index is -1.08. The summed E-state index contributed by atoms with van der Waals surface area (Å²) < 4.78 is 5.93. The smallest absolute Gasteiger partial charge is 0.337 e. The summed E-state index contributed by atoms with van der Waals surface area (Å²) in [5.41, 5.74) is 2.21. The molecule has 0 unspecified atom stereocenters. The Kier molecular flexibility index (Phi) is 7.14. The molecule has 0 aromatic heterocycles. The highest BCUT2D eigenvalue weighted by Gasteiger charge is 2.11. The molecule has 8 heteroatoms. The maximum Gasteiger partial charge on any atom is 0.337 e. The van der Waals surface area contributed by atoms with Crippen LogP contribution in [0, 0.1) is 0 Å². The standard InChI is InChI=1S/C21H15Cl4NO3/c22-13-4-7-20(29-11-16-17(23)2-1-3-18(16)24)12(8-13)10-26-14-5-6-15(21(27)28)19(25)9-14/h1-9,26H,10-11H2,(H,27,28). The van der Waals surface area contributed by atoms with E-state index < -0.39 is 5.97 Å². The molecule has 0 spiro atoms. The third-order valence-electron chi connectivity index (χ3n) is 4.14. The maximum atomic E-state index is 11.1. The average Bonchev–Trinajstić information content (AvgIpc) is 2.67. The summed E-state index contributed by atoms with van der Waals surface area (Å²) in [7, 11) is 0. The molecule has 0 aliphatic rings. The summed E-state index contributed by atoms with van der Waals surface area (Å²) in [6.45, 7) is 0.584. The third-order valence-corrected chi connectivity index (χ3v) is 5.39. The summed E-state index contributed by atoms with van der Waals surface area (Å²) >= 11 is 24.6. The Morgan fingerprint density at radius 3 is 2.31 bits per heavy atom. The molecule has 0 saturated heterocycles. The molecule has 29 heavy (non-hydrogen) atoms. The number of carbonyl (C=O) groups is 1. The zero-order valence-electron chi connectivity index (χ0n) is 14.9. The van der Waals surface area contributed by atoms with E-state index in [2.05, 4.69) is 5.32 Å². The first-order chi connectivity index (χ1) is 13.8. The van der Waals surface area contributed by atoms with Crippen LogP contribution in [0.3, 0.4) is 0 Å². The number of hydrogen-bond acceptors (Lipinski definition) is 3. The number of carboxylic acids is 1. The van der Waals surface area contributed by atoms with Crippen molar-refractivity contribution in [1.82, 2.24) is 0 Å². The van der Waals surface area contributed by atoms with Gasteiger partial charge >= 0.3 is 5.97 Å². The molecule has 0 radical (unpaired) electrons. The lowest BCUT2D eigenvalue weighted by Crippen LogP contribution is -2.05. The number of halogens is 4. The number of carboxylic acid groups (broad SMARTS) is 1. The van der Waals surface area contributed by atoms with Crippen LogP contribution in [0.5, 0.6) is 5.75 Å². The predicted octanol–water partition coefficient (Wildman–Crippen LogP) is 7.19. The van der Waals surface area contributed by atoms with Gasteiger partial charge in [0.1, 0.15) is 12.4 Å². The van der Waals surface area contributed by atoms with Crippen LogP contribution >= 0.6 is 46.4 Å². The lowest BCUT2D eigenvalue weighted by atomic mass is 10.1. The second kappa shape index (κ2) is 9.59. The zero-order valence-corrected chi connectivity index (χ0v) is 17.9. The van der Waals surface area contributed by atoms with E-state index in [1.54, 1.807) is 48.5 Å². The van der Waals surface area contributed by atoms with E-state index in [9.17, 15) is 4.79 Å². The molecule has 0 saturated carbocycles. The summed E-state index contributed by atoms with van der Waals surface area (Å²) in [4.78, 5) is 11.1. The first-order valence-electron chi connectivity index (χ1n) is 8.46. The molecule has 0 amide bonds. The van der Waals surface area contributed by atoms with Crippen molar-refractivity contribution in [2.75, 3.05) is 5.32 Å². The van der Waals surface area contributed by atoms with Crippen molar-refractivity contribution in [2.24, 2.45) is 0 Å². The van der Waals surface area contributed by atoms with Crippen molar-refractivity contribution >= 4 is 58.1 Å². The number of rotatable bonds is 7. The Morgan fingerprint density at radius 2 is 1.66 bits per heavy atom. The SMILES string of the molecule is O=C(O)c1ccc(NCc2cc(Cl)ccc2OCc2c(Cl)cccc2Cl)cc1Cl. The van der Waals surface area contributed by atoms with Gasteiger partial charge in [-0.2, -0.15) is 0 Å². The summed E-state index contributed by atoms with van der Waals surface area (Å²) in [6.07, 6.45) is 0. The molecule has 150 valence electrons. The second-order valence-electron chi connectivity index (χ2n) is 6.09. The average molecular weight is 471 g/mol. The van der Waals surface area contributed by atoms with Gasteiger partial charge in [0.15, 0.2) is 0 Å². The number of hydrogen-bond donors (Lipinski definition) is 2. The van der Waals surface area contributed by atoms with Gasteiger partial charge in [-0.3, -0.25) is 0 Å². The molecule has 0 bridgehead atoms. The molecule has 3 aromatic carbocycles. The Morgan fingerprint density at radius 1 is 0.931 bits per heavy atom. The van der Waals surface area contributed by atoms with E-state index in [-0.39, 0.29) is 17.2 Å². The van der Waals surface area contributed by atoms with E-state index in [1.165, 1.54) is 6.07 Å². The van der Waals surface area contributed by atoms with Crippen LogP contribution < -0.4 is 10.1 Å². The lowest BCUT2D eigenvalue weighted by Gasteiger charge is -2.15. The largest absolute Gasteiger partial charge is 0.488 e. The monoisotopic (exact) mass is 469 g/mol. The number of aromatic carboxylic acids is 1. The van der Waals surface area contributed by atoms with Gasteiger partial charge in [-0.05, 0) is 48.5 Å². The topological polar surface area (TPSA) is 58.6 Å². The Hall–Kier alpha value is -2.11. The van der Waals surface area contributed by atoms with Crippen molar-refractivity contribution in [1.29, 1.82) is 0 Å². The highest BCUT2D eigenvalue weighted by Crippen LogP contribution is 2.29. The van der Waals surface area contributed by atoms with Crippen LogP contribution in [-0.4, -0.2) is 11.1 Å². The van der Waals surface area contributed by atoms with Crippen molar-refractivity contribution in [3.05, 3.63) is 91.4 Å². The van der Waals surface area contributed by atoms with Crippen molar-refractivity contribution in [3.8, 4) is 5.75 Å². The van der Waals surface area contributed by atoms with Crippen LogP contribution in [0.15, 0.2) is 54.6 Å². The van der Waals surface area contributed by atoms with Gasteiger partial charge in [0.2, 0.25) is 0 Å². The minimum absolute atomic E-state index is 0.0422. The van der Waals surface area contributed by atoms with Gasteiger partial charge < -0.3 is 15.2 Å². The van der Waals surface area contributed by atoms with E-state index in [0.717, 1.165) is 5.56 Å². The third kappa shape index (κ3) is 5.49. The Bertz CT molecular complexity index is 1040. The molecule has 4 nitrogen and oxygen atoms in total. The molecule has 3 rings (SSSR count). The molecule has 0 aliphatic heterocycles. The van der Waals surface area contributed by atoms with Gasteiger partial charge in [0.25, 0.3) is 0 Å². The number of benzene rings is 3. The minimum Gasteiger partial charge on any atom is -0.488 e. The van der Waals surface area contributed by atoms with Gasteiger partial charge in [-0.1, -0.05) is 52.5 Å². The normalized spacial score (nSPS) is 10.6. The highest BCUT2D eigenvalue weighted by atomic mass is 35.5. The highest BCUT2D eigenvalue weighted by molar-refractivity contribution is 6.36. The summed E-state index contributed by atoms with van der Waals surface area (Å²) in [5.74, 6) is -0.462. The maximum absolute atomic E-state index is 11.1. The fraction of sp³-hybridized carbons (Fsp3) is 0.0952. The first-order valence-corrected chi connectivity index (χ1v) is 9.97. The second-order valence-corrected chi connectivity index (χ2v) is 7.75. The first kappa shape index (κ1) is 21.6. The molecular weight excluding hydrogens is 456 g/mol. The molecule has 2 N–H and O–H groups in total. The van der Waals surface area contributed by atoms with Crippen LogP contribution in [-0.2, 0) is 13.2 Å². The number of anilines is 1. The molecule has 0 heterocycles. The van der Waals surface area contributed by atoms with Crippen molar-refractivity contribution < 1.29 is 14.6 Å². The quantitative estimate of drug-likeness (QED) is 0.383. The van der Waals surface area contributed by atoms with Crippen LogP contribution in [0.25, 0.3) is 0 Å². The van der Waals surface area contributed by atoms with E-state index in [4.69, 9.17) is 56.2 Å². The van der Waals surface area contributed by atoms with Gasteiger partial charge in [-0.25, -0.2) is 4.79 Å². The number of nitrogens with one attached hydrogen (secondary N) is 1. The van der Waals surface area contributed by atoms with Gasteiger partial charge in [0.05, 0.1) is 10.6 Å². The Balaban J connectivity index is 1.75. The summed E-state index contributed by atoms with van der Waals surface area (Å²) in [6, 6.07) is 15.2. The fourth-order valence-corrected chi connectivity index (χ4v) is 3.61. The molecular formula is C21H15Cl4NO3. The predicted molar refractivity (Wildman–Crippen MR) is 118 cm³/mol. The van der Waals surface area contributed by atoms with Crippen molar-refractivity contribution in [3.63, 3.8) is 0 Å². The van der Waals surface area contributed by atoms with Gasteiger partial charge in [-0.15, -0.1) is 0 Å². The Labute approximate surface area is 187 Å². The van der Waals surface area contributed by atoms with E-state index in [1.807, 2.05) is 0 Å². The number of ether oxygens (including phenoxy) is 1. The van der Waals surface area contributed by atoms with Crippen molar-refractivity contribution in [2.45, 2.75) is 13.2 Å². The van der Waals surface area contributed by atoms with E-state index >= 15 is 0 Å². The molecule has 0 fully saturated rings. The van der Waals surface area contributed by atoms with Crippen LogP contribution in [0.1, 0.15) is 21.5 Å². The molecule has 3 aromatic rings. The van der Waals surface area contributed by atoms with Gasteiger partial charge in [0, 0.05) is 38.4 Å². The fourth-order valence-electron chi connectivity index (χ4n) is 2.64. The lowest BCUT2D eigenvalue weighted by molar-refractivity contribution is 0.0697. The van der Waals surface area contributed by atoms with E-state index in [0.29, 0.717) is 38.6 Å². The summed E-state index contributed by atoms with van der Waals surface area (Å²) in [5, 5.41) is 14.0. The zero-order chi connectivity index (χ0) is 21.0. The van der Waals surface area contributed by atoms with Crippen LogP contribution in [0.2, 0.25) is 20.1 Å². The van der Waals surface area contributed by atoms with Crippen LogP contribution in [0.4, 0.5) is 5.69 Å². The molecule has 0 aliphatic carbocycles.